The van der Waals surface area contributed by atoms with Gasteiger partial charge in [-0.2, -0.15) is 5.10 Å². The predicted molar refractivity (Wildman–Crippen MR) is 81.6 cm³/mol. The Kier molecular flexibility index (Phi) is 4.41. The highest BCUT2D eigenvalue weighted by atomic mass is 15.3. The largest absolute Gasteiger partial charge is 0.314 e. The highest BCUT2D eigenvalue weighted by molar-refractivity contribution is 5.01. The molecular weight excluding hydrogens is 248 g/mol. The molecule has 2 saturated heterocycles. The Morgan fingerprint density at radius 1 is 1.45 bits per heavy atom. The first-order chi connectivity index (χ1) is 9.76. The van der Waals surface area contributed by atoms with Crippen LogP contribution in [-0.4, -0.2) is 40.4 Å². The molecule has 1 aromatic heterocycles. The van der Waals surface area contributed by atoms with Gasteiger partial charge >= 0.3 is 0 Å². The number of hydrogen-bond donors (Lipinski definition) is 1. The molecule has 4 nitrogen and oxygen atoms in total. The van der Waals surface area contributed by atoms with Crippen molar-refractivity contribution in [2.45, 2.75) is 58.2 Å². The quantitative estimate of drug-likeness (QED) is 0.917. The predicted octanol–water partition coefficient (Wildman–Crippen LogP) is 2.43. The third-order valence-corrected chi connectivity index (χ3v) is 5.07. The van der Waals surface area contributed by atoms with Crippen LogP contribution in [0.4, 0.5) is 0 Å². The lowest BCUT2D eigenvalue weighted by Crippen LogP contribution is -2.51. The van der Waals surface area contributed by atoms with E-state index in [1.165, 1.54) is 44.6 Å². The van der Waals surface area contributed by atoms with Crippen LogP contribution in [0.1, 0.15) is 51.3 Å². The van der Waals surface area contributed by atoms with E-state index in [4.69, 9.17) is 5.10 Å². The summed E-state index contributed by atoms with van der Waals surface area (Å²) in [5, 5.41) is 8.42. The molecule has 0 spiro atoms. The van der Waals surface area contributed by atoms with Crippen LogP contribution in [0.5, 0.6) is 0 Å². The summed E-state index contributed by atoms with van der Waals surface area (Å²) >= 11 is 0. The number of nitrogens with zero attached hydrogens (tertiary/aromatic N) is 3. The summed E-state index contributed by atoms with van der Waals surface area (Å²) in [5.74, 6) is 0.856. The van der Waals surface area contributed by atoms with Crippen LogP contribution >= 0.6 is 0 Å². The number of rotatable bonds is 4. The van der Waals surface area contributed by atoms with Crippen molar-refractivity contribution in [1.82, 2.24) is 20.0 Å². The summed E-state index contributed by atoms with van der Waals surface area (Å²) in [5.41, 5.74) is 1.23. The Bertz CT molecular complexity index is 428. The van der Waals surface area contributed by atoms with Crippen molar-refractivity contribution < 1.29 is 0 Å². The average molecular weight is 276 g/mol. The number of nitrogens with one attached hydrogen (secondary N) is 1. The van der Waals surface area contributed by atoms with Gasteiger partial charge in [-0.3, -0.25) is 9.58 Å². The Morgan fingerprint density at radius 3 is 3.20 bits per heavy atom. The monoisotopic (exact) mass is 276 g/mol. The molecule has 0 saturated carbocycles. The summed E-state index contributed by atoms with van der Waals surface area (Å²) < 4.78 is 2.12. The van der Waals surface area contributed by atoms with Gasteiger partial charge in [-0.1, -0.05) is 6.92 Å². The zero-order chi connectivity index (χ0) is 13.9. The third-order valence-electron chi connectivity index (χ3n) is 5.07. The maximum absolute atomic E-state index is 4.74. The van der Waals surface area contributed by atoms with Gasteiger partial charge in [0.25, 0.3) is 0 Å². The lowest BCUT2D eigenvalue weighted by molar-refractivity contribution is 0.107. The smallest absolute Gasteiger partial charge is 0.0764 e. The molecule has 3 atom stereocenters. The normalized spacial score (nSPS) is 29.1. The molecule has 112 valence electrons. The van der Waals surface area contributed by atoms with Gasteiger partial charge in [-0.25, -0.2) is 0 Å². The molecule has 3 unspecified atom stereocenters. The van der Waals surface area contributed by atoms with Gasteiger partial charge in [0, 0.05) is 37.9 Å². The maximum Gasteiger partial charge on any atom is 0.0764 e. The highest BCUT2D eigenvalue weighted by Crippen LogP contribution is 2.25. The molecule has 1 N–H and O–H groups in total. The standard InChI is InChI=1S/C16H28N4/c1-3-13(2)20-10-6-15(18-20)12-19-9-7-16-14(11-19)5-4-8-17-16/h6,10,13-14,16-17H,3-5,7-9,11-12H2,1-2H3. The van der Waals surface area contributed by atoms with Crippen LogP contribution in [0, 0.1) is 5.92 Å². The SMILES string of the molecule is CCC(C)n1ccc(CN2CCC3NCCCC3C2)n1. The molecule has 3 rings (SSSR count). The summed E-state index contributed by atoms with van der Waals surface area (Å²) in [7, 11) is 0. The van der Waals surface area contributed by atoms with Crippen molar-refractivity contribution in [2.75, 3.05) is 19.6 Å². The Hall–Kier alpha value is -0.870. The molecule has 4 heteroatoms. The molecule has 1 aromatic rings. The Labute approximate surface area is 122 Å². The fourth-order valence-corrected chi connectivity index (χ4v) is 3.59. The fraction of sp³-hybridized carbons (Fsp3) is 0.812. The van der Waals surface area contributed by atoms with E-state index < -0.39 is 0 Å². The minimum Gasteiger partial charge on any atom is -0.314 e. The summed E-state index contributed by atoms with van der Waals surface area (Å²) in [6, 6.07) is 3.48. The van der Waals surface area contributed by atoms with Gasteiger partial charge in [0.05, 0.1) is 5.69 Å². The maximum atomic E-state index is 4.74. The number of fused-ring (bicyclic) bond motifs is 1. The second kappa shape index (κ2) is 6.27. The third kappa shape index (κ3) is 3.07. The molecule has 2 aliphatic rings. The highest BCUT2D eigenvalue weighted by Gasteiger charge is 2.30. The van der Waals surface area contributed by atoms with Gasteiger partial charge in [0.2, 0.25) is 0 Å². The summed E-state index contributed by atoms with van der Waals surface area (Å²) in [6.07, 6.45) is 7.32. The lowest BCUT2D eigenvalue weighted by Gasteiger charge is -2.41. The van der Waals surface area contributed by atoms with Crippen molar-refractivity contribution in [1.29, 1.82) is 0 Å². The Balaban J connectivity index is 1.56. The van der Waals surface area contributed by atoms with Gasteiger partial charge in [0.15, 0.2) is 0 Å². The summed E-state index contributed by atoms with van der Waals surface area (Å²) in [6.45, 7) is 9.15. The molecule has 3 heterocycles. The van der Waals surface area contributed by atoms with E-state index in [1.54, 1.807) is 0 Å². The van der Waals surface area contributed by atoms with Crippen LogP contribution in [-0.2, 0) is 6.54 Å². The van der Waals surface area contributed by atoms with E-state index in [-0.39, 0.29) is 0 Å². The second-order valence-corrected chi connectivity index (χ2v) is 6.53. The van der Waals surface area contributed by atoms with Crippen LogP contribution in [0.25, 0.3) is 0 Å². The minimum atomic E-state index is 0.511. The van der Waals surface area contributed by atoms with E-state index in [0.29, 0.717) is 6.04 Å². The van der Waals surface area contributed by atoms with Crippen molar-refractivity contribution in [3.05, 3.63) is 18.0 Å². The van der Waals surface area contributed by atoms with E-state index in [9.17, 15) is 0 Å². The first-order valence-electron chi connectivity index (χ1n) is 8.26. The minimum absolute atomic E-state index is 0.511. The number of aromatic nitrogens is 2. The number of likely N-dealkylation sites (tertiary alicyclic amines) is 1. The topological polar surface area (TPSA) is 33.1 Å². The van der Waals surface area contributed by atoms with Crippen LogP contribution < -0.4 is 5.32 Å². The van der Waals surface area contributed by atoms with Crippen molar-refractivity contribution in [2.24, 2.45) is 5.92 Å². The molecular formula is C16H28N4. The zero-order valence-electron chi connectivity index (χ0n) is 12.9. The van der Waals surface area contributed by atoms with E-state index in [0.717, 1.165) is 24.9 Å². The Morgan fingerprint density at radius 2 is 2.35 bits per heavy atom. The second-order valence-electron chi connectivity index (χ2n) is 6.53. The number of piperidine rings is 2. The number of hydrogen-bond acceptors (Lipinski definition) is 3. The van der Waals surface area contributed by atoms with Crippen LogP contribution in [0.2, 0.25) is 0 Å². The van der Waals surface area contributed by atoms with Gasteiger partial charge in [0.1, 0.15) is 0 Å². The molecule has 0 amide bonds. The van der Waals surface area contributed by atoms with E-state index in [2.05, 4.69) is 41.0 Å². The fourth-order valence-electron chi connectivity index (χ4n) is 3.59. The van der Waals surface area contributed by atoms with Crippen molar-refractivity contribution in [3.8, 4) is 0 Å². The molecule has 0 radical (unpaired) electrons. The zero-order valence-corrected chi connectivity index (χ0v) is 12.9. The molecule has 20 heavy (non-hydrogen) atoms. The van der Waals surface area contributed by atoms with Crippen LogP contribution in [0.15, 0.2) is 12.3 Å². The first kappa shape index (κ1) is 14.1. The van der Waals surface area contributed by atoms with Gasteiger partial charge in [-0.15, -0.1) is 0 Å². The van der Waals surface area contributed by atoms with E-state index >= 15 is 0 Å². The van der Waals surface area contributed by atoms with Gasteiger partial charge < -0.3 is 5.32 Å². The van der Waals surface area contributed by atoms with Crippen LogP contribution in [0.3, 0.4) is 0 Å². The molecule has 2 aliphatic heterocycles. The molecule has 2 fully saturated rings. The van der Waals surface area contributed by atoms with Gasteiger partial charge in [-0.05, 0) is 51.1 Å². The molecule has 0 aliphatic carbocycles. The van der Waals surface area contributed by atoms with Crippen molar-refractivity contribution in [3.63, 3.8) is 0 Å². The lowest BCUT2D eigenvalue weighted by atomic mass is 9.85. The molecule has 0 bridgehead atoms. The molecule has 0 aromatic carbocycles. The van der Waals surface area contributed by atoms with Crippen molar-refractivity contribution >= 4 is 0 Å². The average Bonchev–Trinajstić information content (AvgIpc) is 2.95. The summed E-state index contributed by atoms with van der Waals surface area (Å²) in [4.78, 5) is 2.59. The van der Waals surface area contributed by atoms with E-state index in [1.807, 2.05) is 0 Å². The first-order valence-corrected chi connectivity index (χ1v) is 8.26.